The van der Waals surface area contributed by atoms with Gasteiger partial charge in [-0.05, 0) is 36.1 Å². The highest BCUT2D eigenvalue weighted by Gasteiger charge is 2.17. The molecule has 0 spiro atoms. The smallest absolute Gasteiger partial charge is 0.171 e. The number of nitrogens with zero attached hydrogens (tertiary/aromatic N) is 1. The highest BCUT2D eigenvalue weighted by atomic mass is 32.2. The number of pyridine rings is 1. The Balaban J connectivity index is 2.51. The van der Waals surface area contributed by atoms with Crippen LogP contribution in [0.5, 0.6) is 0 Å². The molecule has 2 rings (SSSR count). The minimum absolute atomic E-state index is 0.524. The van der Waals surface area contributed by atoms with Crippen LogP contribution >= 0.6 is 0 Å². The van der Waals surface area contributed by atoms with Gasteiger partial charge in [0.1, 0.15) is 0 Å². The molecule has 0 fully saturated rings. The summed E-state index contributed by atoms with van der Waals surface area (Å²) >= 11 is 0. The third-order valence-corrected chi connectivity index (χ3v) is 3.65. The average molecular weight is 209 g/mol. The summed E-state index contributed by atoms with van der Waals surface area (Å²) < 4.78 is 22.6. The van der Waals surface area contributed by atoms with E-state index in [-0.39, 0.29) is 0 Å². The SMILES string of the molecule is CS(=O)(=O)C1=Cc2ccncc2CC1. The highest BCUT2D eigenvalue weighted by molar-refractivity contribution is 7.94. The van der Waals surface area contributed by atoms with Gasteiger partial charge in [0, 0.05) is 23.6 Å². The fraction of sp³-hybridized carbons (Fsp3) is 0.300. The van der Waals surface area contributed by atoms with Gasteiger partial charge in [0.25, 0.3) is 0 Å². The van der Waals surface area contributed by atoms with Crippen LogP contribution in [0.2, 0.25) is 0 Å². The third kappa shape index (κ3) is 1.70. The Morgan fingerprint density at radius 1 is 1.36 bits per heavy atom. The van der Waals surface area contributed by atoms with E-state index in [0.29, 0.717) is 11.3 Å². The van der Waals surface area contributed by atoms with E-state index >= 15 is 0 Å². The monoisotopic (exact) mass is 209 g/mol. The minimum atomic E-state index is -3.03. The van der Waals surface area contributed by atoms with Crippen molar-refractivity contribution < 1.29 is 8.42 Å². The number of rotatable bonds is 1. The molecule has 1 aliphatic rings. The van der Waals surface area contributed by atoms with Crippen molar-refractivity contribution in [1.29, 1.82) is 0 Å². The van der Waals surface area contributed by atoms with E-state index in [9.17, 15) is 8.42 Å². The van der Waals surface area contributed by atoms with Crippen LogP contribution in [0.1, 0.15) is 17.5 Å². The molecule has 1 aromatic heterocycles. The standard InChI is InChI=1S/C10H11NO2S/c1-14(12,13)10-3-2-9-7-11-5-4-8(9)6-10/h4-7H,2-3H2,1H3. The summed E-state index contributed by atoms with van der Waals surface area (Å²) in [6.07, 6.45) is 7.84. The summed E-state index contributed by atoms with van der Waals surface area (Å²) in [5.74, 6) is 0. The maximum atomic E-state index is 11.3. The Labute approximate surface area is 83.4 Å². The summed E-state index contributed by atoms with van der Waals surface area (Å²) in [6, 6.07) is 1.85. The summed E-state index contributed by atoms with van der Waals surface area (Å²) in [7, 11) is -3.03. The molecule has 0 amide bonds. The van der Waals surface area contributed by atoms with Crippen molar-refractivity contribution in [3.8, 4) is 0 Å². The summed E-state index contributed by atoms with van der Waals surface area (Å²) in [4.78, 5) is 4.53. The summed E-state index contributed by atoms with van der Waals surface area (Å²) in [5.41, 5.74) is 2.10. The predicted octanol–water partition coefficient (Wildman–Crippen LogP) is 1.41. The molecule has 4 heteroatoms. The van der Waals surface area contributed by atoms with Crippen LogP contribution in [0.4, 0.5) is 0 Å². The van der Waals surface area contributed by atoms with Gasteiger partial charge in [-0.25, -0.2) is 8.42 Å². The maximum Gasteiger partial charge on any atom is 0.171 e. The van der Waals surface area contributed by atoms with E-state index in [1.165, 1.54) is 6.26 Å². The second-order valence-electron chi connectivity index (χ2n) is 3.46. The molecule has 0 N–H and O–H groups in total. The third-order valence-electron chi connectivity index (χ3n) is 2.37. The largest absolute Gasteiger partial charge is 0.264 e. The van der Waals surface area contributed by atoms with E-state index in [1.807, 2.05) is 6.07 Å². The zero-order valence-corrected chi connectivity index (χ0v) is 8.71. The van der Waals surface area contributed by atoms with E-state index in [0.717, 1.165) is 17.5 Å². The first-order valence-corrected chi connectivity index (χ1v) is 6.30. The Morgan fingerprint density at radius 2 is 2.14 bits per heavy atom. The second-order valence-corrected chi connectivity index (χ2v) is 5.53. The van der Waals surface area contributed by atoms with E-state index in [2.05, 4.69) is 4.98 Å². The predicted molar refractivity (Wildman–Crippen MR) is 55.4 cm³/mol. The van der Waals surface area contributed by atoms with Crippen molar-refractivity contribution in [1.82, 2.24) is 4.98 Å². The number of aromatic nitrogens is 1. The van der Waals surface area contributed by atoms with Crippen LogP contribution in [0.25, 0.3) is 6.08 Å². The molecule has 0 bridgehead atoms. The topological polar surface area (TPSA) is 47.0 Å². The molecule has 1 aromatic rings. The average Bonchev–Trinajstić information content (AvgIpc) is 2.16. The molecule has 0 aliphatic heterocycles. The van der Waals surface area contributed by atoms with Gasteiger partial charge < -0.3 is 0 Å². The lowest BCUT2D eigenvalue weighted by molar-refractivity contribution is 0.605. The van der Waals surface area contributed by atoms with Crippen LogP contribution in [0, 0.1) is 0 Å². The highest BCUT2D eigenvalue weighted by Crippen LogP contribution is 2.25. The van der Waals surface area contributed by atoms with E-state index < -0.39 is 9.84 Å². The van der Waals surface area contributed by atoms with Crippen molar-refractivity contribution in [2.45, 2.75) is 12.8 Å². The molecule has 0 unspecified atom stereocenters. The lowest BCUT2D eigenvalue weighted by Gasteiger charge is -2.14. The Kier molecular flexibility index (Phi) is 2.15. The van der Waals surface area contributed by atoms with Gasteiger partial charge in [0.05, 0.1) is 0 Å². The van der Waals surface area contributed by atoms with Crippen molar-refractivity contribution in [3.63, 3.8) is 0 Å². The van der Waals surface area contributed by atoms with Crippen LogP contribution < -0.4 is 0 Å². The Morgan fingerprint density at radius 3 is 2.86 bits per heavy atom. The first kappa shape index (κ1) is 9.40. The quantitative estimate of drug-likeness (QED) is 0.702. The first-order chi connectivity index (χ1) is 6.57. The number of allylic oxidation sites excluding steroid dienone is 1. The Bertz CT molecular complexity index is 489. The molecule has 1 heterocycles. The number of hydrogen-bond donors (Lipinski definition) is 0. The second kappa shape index (κ2) is 3.20. The van der Waals surface area contributed by atoms with E-state index in [1.54, 1.807) is 18.5 Å². The van der Waals surface area contributed by atoms with Gasteiger partial charge in [-0.2, -0.15) is 0 Å². The van der Waals surface area contributed by atoms with Gasteiger partial charge in [0.2, 0.25) is 0 Å². The van der Waals surface area contributed by atoms with Crippen LogP contribution in [0.15, 0.2) is 23.4 Å². The van der Waals surface area contributed by atoms with Crippen LogP contribution in [-0.2, 0) is 16.3 Å². The lowest BCUT2D eigenvalue weighted by atomic mass is 10.00. The molecule has 0 radical (unpaired) electrons. The summed E-state index contributed by atoms with van der Waals surface area (Å²) in [6.45, 7) is 0. The van der Waals surface area contributed by atoms with Gasteiger partial charge in [-0.3, -0.25) is 4.98 Å². The van der Waals surface area contributed by atoms with Crippen molar-refractivity contribution in [3.05, 3.63) is 34.5 Å². The number of fused-ring (bicyclic) bond motifs is 1. The number of hydrogen-bond acceptors (Lipinski definition) is 3. The molecule has 0 saturated heterocycles. The zero-order chi connectivity index (χ0) is 10.2. The van der Waals surface area contributed by atoms with Crippen molar-refractivity contribution in [2.24, 2.45) is 0 Å². The van der Waals surface area contributed by atoms with E-state index in [4.69, 9.17) is 0 Å². The van der Waals surface area contributed by atoms with Gasteiger partial charge in [-0.15, -0.1) is 0 Å². The summed E-state index contributed by atoms with van der Waals surface area (Å²) in [5, 5.41) is 0. The minimum Gasteiger partial charge on any atom is -0.264 e. The fourth-order valence-corrected chi connectivity index (χ4v) is 2.40. The van der Waals surface area contributed by atoms with Crippen LogP contribution in [-0.4, -0.2) is 19.7 Å². The van der Waals surface area contributed by atoms with Crippen molar-refractivity contribution >= 4 is 15.9 Å². The first-order valence-electron chi connectivity index (χ1n) is 4.41. The molecule has 14 heavy (non-hydrogen) atoms. The van der Waals surface area contributed by atoms with Gasteiger partial charge in [-0.1, -0.05) is 0 Å². The molecular formula is C10H11NO2S. The maximum absolute atomic E-state index is 11.3. The number of aryl methyl sites for hydroxylation is 1. The molecule has 0 saturated carbocycles. The number of sulfone groups is 1. The van der Waals surface area contributed by atoms with Crippen molar-refractivity contribution in [2.75, 3.05) is 6.26 Å². The zero-order valence-electron chi connectivity index (χ0n) is 7.90. The normalized spacial score (nSPS) is 15.9. The molecular weight excluding hydrogens is 198 g/mol. The molecule has 1 aliphatic carbocycles. The van der Waals surface area contributed by atoms with Gasteiger partial charge in [0.15, 0.2) is 9.84 Å². The molecule has 0 atom stereocenters. The molecule has 3 nitrogen and oxygen atoms in total. The molecule has 74 valence electrons. The Hall–Kier alpha value is -1.16. The lowest BCUT2D eigenvalue weighted by Crippen LogP contribution is -2.07. The fourth-order valence-electron chi connectivity index (χ4n) is 1.58. The van der Waals surface area contributed by atoms with Gasteiger partial charge >= 0.3 is 0 Å². The molecule has 0 aromatic carbocycles. The van der Waals surface area contributed by atoms with Crippen LogP contribution in [0.3, 0.4) is 0 Å².